The predicted molar refractivity (Wildman–Crippen MR) is 79.3 cm³/mol. The molecule has 0 aliphatic rings. The van der Waals surface area contributed by atoms with Crippen molar-refractivity contribution in [3.05, 3.63) is 36.9 Å². The lowest BCUT2D eigenvalue weighted by molar-refractivity contribution is -0.137. The Morgan fingerprint density at radius 3 is 2.55 bits per heavy atom. The summed E-state index contributed by atoms with van der Waals surface area (Å²) in [5.41, 5.74) is 0. The van der Waals surface area contributed by atoms with E-state index in [1.165, 1.54) is 17.5 Å². The lowest BCUT2D eigenvalue weighted by atomic mass is 10.2. The van der Waals surface area contributed by atoms with Gasteiger partial charge in [0.05, 0.1) is 9.83 Å². The van der Waals surface area contributed by atoms with Crippen molar-refractivity contribution in [2.24, 2.45) is 0 Å². The standard InChI is InChI=1S/C12H12BrF3N2S2/c1-2-5-17-10(7-3-4-9(13)19-7)8-6-18-11(20-8)12(14,15)16/h3-4,6,10,17H,2,5H2,1H3. The quantitative estimate of drug-likeness (QED) is 0.777. The maximum Gasteiger partial charge on any atom is 0.443 e. The zero-order valence-corrected chi connectivity index (χ0v) is 13.7. The molecule has 8 heteroatoms. The Morgan fingerprint density at radius 2 is 2.05 bits per heavy atom. The van der Waals surface area contributed by atoms with Gasteiger partial charge in [0.25, 0.3) is 0 Å². The monoisotopic (exact) mass is 384 g/mol. The van der Waals surface area contributed by atoms with Crippen molar-refractivity contribution in [3.8, 4) is 0 Å². The number of thiophene rings is 1. The number of alkyl halides is 3. The number of rotatable bonds is 5. The molecule has 1 atom stereocenters. The summed E-state index contributed by atoms with van der Waals surface area (Å²) in [6.45, 7) is 2.75. The van der Waals surface area contributed by atoms with Gasteiger partial charge >= 0.3 is 6.18 Å². The largest absolute Gasteiger partial charge is 0.443 e. The molecule has 2 heterocycles. The summed E-state index contributed by atoms with van der Waals surface area (Å²) >= 11 is 5.58. The lowest BCUT2D eigenvalue weighted by Gasteiger charge is -2.15. The first kappa shape index (κ1) is 15.9. The van der Waals surface area contributed by atoms with Gasteiger partial charge in [0.15, 0.2) is 5.01 Å². The Balaban J connectivity index is 2.29. The van der Waals surface area contributed by atoms with Gasteiger partial charge in [0.1, 0.15) is 0 Å². The first-order valence-corrected chi connectivity index (χ1v) is 8.36. The van der Waals surface area contributed by atoms with Crippen LogP contribution in [0.3, 0.4) is 0 Å². The minimum atomic E-state index is -4.38. The van der Waals surface area contributed by atoms with Gasteiger partial charge in [-0.2, -0.15) is 13.2 Å². The van der Waals surface area contributed by atoms with E-state index in [9.17, 15) is 13.2 Å². The summed E-state index contributed by atoms with van der Waals surface area (Å²) < 4.78 is 38.9. The van der Waals surface area contributed by atoms with Gasteiger partial charge in [-0.1, -0.05) is 6.92 Å². The second-order valence-electron chi connectivity index (χ2n) is 4.09. The molecule has 110 valence electrons. The molecule has 2 aromatic heterocycles. The molecule has 0 spiro atoms. The summed E-state index contributed by atoms with van der Waals surface area (Å²) in [6, 6.07) is 3.57. The average molecular weight is 385 g/mol. The third-order valence-corrected chi connectivity index (χ3v) is 5.32. The summed E-state index contributed by atoms with van der Waals surface area (Å²) in [5, 5.41) is 2.47. The van der Waals surface area contributed by atoms with Crippen LogP contribution in [0.2, 0.25) is 0 Å². The fourth-order valence-corrected chi connectivity index (χ4v) is 4.14. The number of nitrogens with zero attached hydrogens (tertiary/aromatic N) is 1. The van der Waals surface area contributed by atoms with E-state index in [1.807, 2.05) is 19.1 Å². The molecular weight excluding hydrogens is 373 g/mol. The maximum atomic E-state index is 12.6. The molecule has 0 aliphatic carbocycles. The van der Waals surface area contributed by atoms with Crippen LogP contribution in [0.25, 0.3) is 0 Å². The average Bonchev–Trinajstić information content (AvgIpc) is 2.99. The molecule has 2 nitrogen and oxygen atoms in total. The highest BCUT2D eigenvalue weighted by molar-refractivity contribution is 9.11. The summed E-state index contributed by atoms with van der Waals surface area (Å²) in [7, 11) is 0. The Labute approximate surface area is 131 Å². The van der Waals surface area contributed by atoms with Crippen molar-refractivity contribution in [1.82, 2.24) is 10.3 Å². The molecule has 0 radical (unpaired) electrons. The van der Waals surface area contributed by atoms with E-state index in [4.69, 9.17) is 0 Å². The van der Waals surface area contributed by atoms with Crippen LogP contribution >= 0.6 is 38.6 Å². The Hall–Kier alpha value is -0.440. The van der Waals surface area contributed by atoms with Gasteiger partial charge < -0.3 is 5.32 Å². The maximum absolute atomic E-state index is 12.6. The van der Waals surface area contributed by atoms with Crippen LogP contribution in [-0.2, 0) is 6.18 Å². The number of halogens is 4. The molecule has 0 bridgehead atoms. The summed E-state index contributed by atoms with van der Waals surface area (Å²) in [4.78, 5) is 5.05. The zero-order valence-electron chi connectivity index (χ0n) is 10.5. The third kappa shape index (κ3) is 3.81. The molecule has 0 saturated heterocycles. The van der Waals surface area contributed by atoms with E-state index in [0.717, 1.165) is 21.6 Å². The highest BCUT2D eigenvalue weighted by Crippen LogP contribution is 2.38. The molecule has 2 aromatic rings. The third-order valence-electron chi connectivity index (χ3n) is 2.53. The minimum absolute atomic E-state index is 0.236. The molecule has 2 rings (SSSR count). The van der Waals surface area contributed by atoms with Gasteiger partial charge in [0, 0.05) is 16.0 Å². The van der Waals surface area contributed by atoms with E-state index in [-0.39, 0.29) is 6.04 Å². The zero-order chi connectivity index (χ0) is 14.8. The molecule has 0 saturated carbocycles. The summed E-state index contributed by atoms with van der Waals surface area (Å²) in [5.74, 6) is 0. The second-order valence-corrected chi connectivity index (χ2v) is 7.65. The SMILES string of the molecule is CCCNC(c1ccc(Br)s1)c1cnc(C(F)(F)F)s1. The van der Waals surface area contributed by atoms with E-state index >= 15 is 0 Å². The van der Waals surface area contributed by atoms with Crippen molar-refractivity contribution in [3.63, 3.8) is 0 Å². The normalized spacial score (nSPS) is 13.7. The number of aromatic nitrogens is 1. The Morgan fingerprint density at radius 1 is 1.30 bits per heavy atom. The number of thiazole rings is 1. The van der Waals surface area contributed by atoms with Crippen LogP contribution in [-0.4, -0.2) is 11.5 Å². The van der Waals surface area contributed by atoms with Gasteiger partial charge in [-0.05, 0) is 41.0 Å². The Kier molecular flexibility index (Phi) is 5.22. The van der Waals surface area contributed by atoms with Crippen LogP contribution in [0, 0.1) is 0 Å². The Bertz CT molecular complexity index is 565. The van der Waals surface area contributed by atoms with Crippen molar-refractivity contribution in [2.75, 3.05) is 6.54 Å². The smallest absolute Gasteiger partial charge is 0.305 e. The first-order chi connectivity index (χ1) is 9.41. The van der Waals surface area contributed by atoms with Gasteiger partial charge in [-0.15, -0.1) is 22.7 Å². The van der Waals surface area contributed by atoms with Crippen molar-refractivity contribution in [1.29, 1.82) is 0 Å². The predicted octanol–water partition coefficient (Wildman–Crippen LogP) is 5.07. The van der Waals surface area contributed by atoms with Gasteiger partial charge in [-0.3, -0.25) is 0 Å². The molecule has 0 fully saturated rings. The molecule has 0 aliphatic heterocycles. The van der Waals surface area contributed by atoms with Crippen LogP contribution in [0.4, 0.5) is 13.2 Å². The number of hydrogen-bond donors (Lipinski definition) is 1. The fraction of sp³-hybridized carbons (Fsp3) is 0.417. The lowest BCUT2D eigenvalue weighted by Crippen LogP contribution is -2.21. The van der Waals surface area contributed by atoms with Crippen molar-refractivity contribution in [2.45, 2.75) is 25.6 Å². The number of hydrogen-bond acceptors (Lipinski definition) is 4. The second kappa shape index (κ2) is 6.55. The van der Waals surface area contributed by atoms with Crippen LogP contribution in [0.5, 0.6) is 0 Å². The fourth-order valence-electron chi connectivity index (χ4n) is 1.66. The molecule has 20 heavy (non-hydrogen) atoms. The minimum Gasteiger partial charge on any atom is -0.305 e. The molecule has 1 unspecified atom stereocenters. The van der Waals surface area contributed by atoms with Crippen LogP contribution in [0.1, 0.15) is 34.1 Å². The highest BCUT2D eigenvalue weighted by Gasteiger charge is 2.35. The van der Waals surface area contributed by atoms with E-state index in [0.29, 0.717) is 16.2 Å². The number of nitrogens with one attached hydrogen (secondary N) is 1. The first-order valence-electron chi connectivity index (χ1n) is 5.93. The van der Waals surface area contributed by atoms with Gasteiger partial charge in [-0.25, -0.2) is 4.98 Å². The highest BCUT2D eigenvalue weighted by atomic mass is 79.9. The van der Waals surface area contributed by atoms with E-state index < -0.39 is 11.2 Å². The van der Waals surface area contributed by atoms with E-state index in [2.05, 4.69) is 26.2 Å². The molecular formula is C12H12BrF3N2S2. The van der Waals surface area contributed by atoms with Crippen molar-refractivity contribution < 1.29 is 13.2 Å². The van der Waals surface area contributed by atoms with Crippen molar-refractivity contribution >= 4 is 38.6 Å². The molecule has 0 amide bonds. The van der Waals surface area contributed by atoms with E-state index in [1.54, 1.807) is 0 Å². The molecule has 1 N–H and O–H groups in total. The molecule has 0 aromatic carbocycles. The van der Waals surface area contributed by atoms with Gasteiger partial charge in [0.2, 0.25) is 0 Å². The summed E-state index contributed by atoms with van der Waals surface area (Å²) in [6.07, 6.45) is -2.16. The topological polar surface area (TPSA) is 24.9 Å². The van der Waals surface area contributed by atoms with Crippen LogP contribution in [0.15, 0.2) is 22.1 Å². The van der Waals surface area contributed by atoms with Crippen LogP contribution < -0.4 is 5.32 Å².